The second kappa shape index (κ2) is 10.6. The van der Waals surface area contributed by atoms with Gasteiger partial charge in [-0.25, -0.2) is 0 Å². The number of ether oxygens (including phenoxy) is 1. The summed E-state index contributed by atoms with van der Waals surface area (Å²) in [6.45, 7) is 16.2. The van der Waals surface area contributed by atoms with E-state index in [-0.39, 0.29) is 11.3 Å². The lowest BCUT2D eigenvalue weighted by Gasteiger charge is -2.34. The van der Waals surface area contributed by atoms with Gasteiger partial charge in [0.15, 0.2) is 0 Å². The van der Waals surface area contributed by atoms with Gasteiger partial charge in [0.05, 0.1) is 5.69 Å². The number of amides is 1. The molecule has 0 spiro atoms. The van der Waals surface area contributed by atoms with Crippen LogP contribution in [0.4, 0.5) is 0 Å². The number of hydrogen-bond donors (Lipinski definition) is 0. The Hall–Kier alpha value is -3.12. The van der Waals surface area contributed by atoms with Gasteiger partial charge in [0.1, 0.15) is 12.4 Å². The molecular weight excluding hydrogens is 436 g/mol. The Balaban J connectivity index is 1.30. The molecule has 35 heavy (non-hydrogen) atoms. The largest absolute Gasteiger partial charge is 0.489 e. The molecule has 6 nitrogen and oxygen atoms in total. The van der Waals surface area contributed by atoms with Gasteiger partial charge >= 0.3 is 0 Å². The van der Waals surface area contributed by atoms with Gasteiger partial charge in [-0.15, -0.1) is 0 Å². The van der Waals surface area contributed by atoms with Gasteiger partial charge in [-0.2, -0.15) is 5.10 Å². The Morgan fingerprint density at radius 2 is 1.74 bits per heavy atom. The molecule has 3 aromatic rings. The number of carbonyl (C=O) groups excluding carboxylic acids is 1. The molecule has 186 valence electrons. The van der Waals surface area contributed by atoms with Gasteiger partial charge in [0.25, 0.3) is 5.91 Å². The number of benzene rings is 2. The fourth-order valence-electron chi connectivity index (χ4n) is 4.42. The summed E-state index contributed by atoms with van der Waals surface area (Å²) in [5.41, 5.74) is 5.49. The molecule has 1 amide bonds. The molecule has 1 saturated heterocycles. The maximum atomic E-state index is 13.2. The van der Waals surface area contributed by atoms with E-state index in [2.05, 4.69) is 62.9 Å². The Kier molecular flexibility index (Phi) is 7.60. The molecule has 1 aliphatic heterocycles. The minimum atomic E-state index is 0.0935. The second-order valence-corrected chi connectivity index (χ2v) is 10.4. The Morgan fingerprint density at radius 3 is 2.37 bits per heavy atom. The topological polar surface area (TPSA) is 50.6 Å². The van der Waals surface area contributed by atoms with Crippen LogP contribution in [0.3, 0.4) is 0 Å². The highest BCUT2D eigenvalue weighted by molar-refractivity contribution is 5.94. The third kappa shape index (κ3) is 6.31. The zero-order chi connectivity index (χ0) is 25.0. The summed E-state index contributed by atoms with van der Waals surface area (Å²) in [6.07, 6.45) is 2.14. The average molecular weight is 475 g/mol. The van der Waals surface area contributed by atoms with E-state index < -0.39 is 0 Å². The maximum Gasteiger partial charge on any atom is 0.253 e. The Labute approximate surface area is 209 Å². The van der Waals surface area contributed by atoms with Crippen LogP contribution in [-0.2, 0) is 25.1 Å². The van der Waals surface area contributed by atoms with Crippen LogP contribution in [-0.4, -0.2) is 51.7 Å². The van der Waals surface area contributed by atoms with Crippen molar-refractivity contribution in [2.45, 2.75) is 59.7 Å². The molecule has 0 radical (unpaired) electrons. The van der Waals surface area contributed by atoms with Gasteiger partial charge in [0, 0.05) is 56.6 Å². The first-order chi connectivity index (χ1) is 16.7. The molecule has 2 heterocycles. The minimum absolute atomic E-state index is 0.0935. The van der Waals surface area contributed by atoms with E-state index in [1.807, 2.05) is 46.0 Å². The van der Waals surface area contributed by atoms with Gasteiger partial charge in [-0.1, -0.05) is 45.0 Å². The standard InChI is InChI=1S/C29H38N4O2/c1-6-33-20-25(22(2)30-33)19-31-14-16-32(17-15-31)28(34)24-9-7-8-23(18-24)21-35-27-12-10-26(11-13-27)29(3,4)5/h7-13,18,20H,6,14-17,19,21H2,1-5H3. The summed E-state index contributed by atoms with van der Waals surface area (Å²) in [5.74, 6) is 0.932. The molecule has 0 bridgehead atoms. The summed E-state index contributed by atoms with van der Waals surface area (Å²) in [4.78, 5) is 17.5. The van der Waals surface area contributed by atoms with E-state index in [1.165, 1.54) is 11.1 Å². The van der Waals surface area contributed by atoms with Crippen molar-refractivity contribution in [1.82, 2.24) is 19.6 Å². The van der Waals surface area contributed by atoms with Crippen LogP contribution in [0.5, 0.6) is 5.75 Å². The highest BCUT2D eigenvalue weighted by atomic mass is 16.5. The van der Waals surface area contributed by atoms with Crippen LogP contribution in [0.25, 0.3) is 0 Å². The van der Waals surface area contributed by atoms with Crippen LogP contribution >= 0.6 is 0 Å². The van der Waals surface area contributed by atoms with E-state index in [1.54, 1.807) is 0 Å². The quantitative estimate of drug-likeness (QED) is 0.481. The van der Waals surface area contributed by atoms with Crippen LogP contribution in [0.15, 0.2) is 54.7 Å². The first kappa shape index (κ1) is 25.0. The molecule has 1 aromatic heterocycles. The number of piperazine rings is 1. The van der Waals surface area contributed by atoms with Crippen molar-refractivity contribution in [3.8, 4) is 5.75 Å². The van der Waals surface area contributed by atoms with Gasteiger partial charge in [0.2, 0.25) is 0 Å². The van der Waals surface area contributed by atoms with Crippen molar-refractivity contribution in [1.29, 1.82) is 0 Å². The summed E-state index contributed by atoms with van der Waals surface area (Å²) in [5, 5.41) is 4.55. The first-order valence-corrected chi connectivity index (χ1v) is 12.6. The van der Waals surface area contributed by atoms with Crippen LogP contribution in [0.1, 0.15) is 60.4 Å². The SMILES string of the molecule is CCn1cc(CN2CCN(C(=O)c3cccc(COc4ccc(C(C)(C)C)cc4)c3)CC2)c(C)n1. The van der Waals surface area contributed by atoms with Crippen molar-refractivity contribution in [3.63, 3.8) is 0 Å². The van der Waals surface area contributed by atoms with E-state index in [4.69, 9.17) is 4.74 Å². The zero-order valence-electron chi connectivity index (χ0n) is 21.8. The molecule has 6 heteroatoms. The third-order valence-electron chi connectivity index (χ3n) is 6.73. The van der Waals surface area contributed by atoms with E-state index in [0.29, 0.717) is 6.61 Å². The number of aryl methyl sites for hydroxylation is 2. The highest BCUT2D eigenvalue weighted by Gasteiger charge is 2.23. The Bertz CT molecular complexity index is 1140. The van der Waals surface area contributed by atoms with Gasteiger partial charge < -0.3 is 9.64 Å². The molecule has 1 aliphatic rings. The summed E-state index contributed by atoms with van der Waals surface area (Å²) >= 11 is 0. The highest BCUT2D eigenvalue weighted by Crippen LogP contribution is 2.25. The van der Waals surface area contributed by atoms with Gasteiger partial charge in [-0.05, 0) is 54.7 Å². The van der Waals surface area contributed by atoms with Gasteiger partial charge in [-0.3, -0.25) is 14.4 Å². The smallest absolute Gasteiger partial charge is 0.253 e. The lowest BCUT2D eigenvalue weighted by molar-refractivity contribution is 0.0628. The molecule has 1 fully saturated rings. The summed E-state index contributed by atoms with van der Waals surface area (Å²) in [6, 6.07) is 16.1. The fourth-order valence-corrected chi connectivity index (χ4v) is 4.42. The fraction of sp³-hybridized carbons (Fsp3) is 0.448. The third-order valence-corrected chi connectivity index (χ3v) is 6.73. The van der Waals surface area contributed by atoms with Crippen LogP contribution < -0.4 is 4.74 Å². The average Bonchev–Trinajstić information content (AvgIpc) is 3.22. The molecular formula is C29H38N4O2. The first-order valence-electron chi connectivity index (χ1n) is 12.6. The minimum Gasteiger partial charge on any atom is -0.489 e. The van der Waals surface area contributed by atoms with E-state index in [9.17, 15) is 4.79 Å². The molecule has 0 saturated carbocycles. The normalized spacial score (nSPS) is 14.8. The summed E-state index contributed by atoms with van der Waals surface area (Å²) < 4.78 is 7.98. The lowest BCUT2D eigenvalue weighted by atomic mass is 9.87. The number of nitrogens with zero attached hydrogens (tertiary/aromatic N) is 4. The van der Waals surface area contributed by atoms with E-state index in [0.717, 1.165) is 61.8 Å². The molecule has 0 N–H and O–H groups in total. The molecule has 0 atom stereocenters. The molecule has 0 aliphatic carbocycles. The predicted molar refractivity (Wildman–Crippen MR) is 140 cm³/mol. The number of carbonyl (C=O) groups is 1. The number of hydrogen-bond acceptors (Lipinski definition) is 4. The molecule has 0 unspecified atom stereocenters. The summed E-state index contributed by atoms with van der Waals surface area (Å²) in [7, 11) is 0. The monoisotopic (exact) mass is 474 g/mol. The maximum absolute atomic E-state index is 13.2. The van der Waals surface area contributed by atoms with Crippen LogP contribution in [0.2, 0.25) is 0 Å². The van der Waals surface area contributed by atoms with Crippen molar-refractivity contribution >= 4 is 5.91 Å². The lowest BCUT2D eigenvalue weighted by Crippen LogP contribution is -2.48. The second-order valence-electron chi connectivity index (χ2n) is 10.4. The van der Waals surface area contributed by atoms with Crippen molar-refractivity contribution < 1.29 is 9.53 Å². The Morgan fingerprint density at radius 1 is 1.03 bits per heavy atom. The van der Waals surface area contributed by atoms with Crippen molar-refractivity contribution in [3.05, 3.63) is 82.7 Å². The van der Waals surface area contributed by atoms with Crippen molar-refractivity contribution in [2.24, 2.45) is 0 Å². The van der Waals surface area contributed by atoms with Crippen molar-refractivity contribution in [2.75, 3.05) is 26.2 Å². The molecule has 4 rings (SSSR count). The number of rotatable bonds is 7. The number of aromatic nitrogens is 2. The predicted octanol–water partition coefficient (Wildman–Crippen LogP) is 5.05. The van der Waals surface area contributed by atoms with E-state index >= 15 is 0 Å². The van der Waals surface area contributed by atoms with Crippen LogP contribution in [0, 0.1) is 6.92 Å². The zero-order valence-corrected chi connectivity index (χ0v) is 21.8. The molecule has 2 aromatic carbocycles.